The summed E-state index contributed by atoms with van der Waals surface area (Å²) in [5.74, 6) is 0.818. The fraction of sp³-hybridized carbons (Fsp3) is 0.211. The fourth-order valence-electron chi connectivity index (χ4n) is 2.33. The molecule has 0 aliphatic rings. The van der Waals surface area contributed by atoms with Gasteiger partial charge in [-0.3, -0.25) is 4.79 Å². The van der Waals surface area contributed by atoms with Crippen molar-refractivity contribution in [2.75, 3.05) is 11.9 Å². The highest BCUT2D eigenvalue weighted by Crippen LogP contribution is 2.30. The molecule has 0 unspecified atom stereocenters. The number of anilines is 1. The number of nitrogens with zero attached hydrogens (tertiary/aromatic N) is 2. The van der Waals surface area contributed by atoms with E-state index in [0.717, 1.165) is 12.1 Å². The molecular formula is C19H16F3N3O3. The summed E-state index contributed by atoms with van der Waals surface area (Å²) < 4.78 is 48.6. The topological polar surface area (TPSA) is 77.2 Å². The zero-order chi connectivity index (χ0) is 20.1. The van der Waals surface area contributed by atoms with Crippen LogP contribution in [-0.2, 0) is 17.4 Å². The highest BCUT2D eigenvalue weighted by Gasteiger charge is 2.30. The Morgan fingerprint density at radius 2 is 1.93 bits per heavy atom. The Bertz CT molecular complexity index is 953. The molecule has 1 aromatic heterocycles. The van der Waals surface area contributed by atoms with Gasteiger partial charge in [0.05, 0.1) is 5.56 Å². The van der Waals surface area contributed by atoms with Crippen LogP contribution in [0.25, 0.3) is 11.5 Å². The van der Waals surface area contributed by atoms with E-state index in [9.17, 15) is 18.0 Å². The molecule has 0 fully saturated rings. The summed E-state index contributed by atoms with van der Waals surface area (Å²) >= 11 is 0. The Kier molecular flexibility index (Phi) is 5.62. The Balaban J connectivity index is 1.56. The normalized spacial score (nSPS) is 11.3. The van der Waals surface area contributed by atoms with E-state index >= 15 is 0 Å². The molecule has 0 saturated carbocycles. The first-order chi connectivity index (χ1) is 13.3. The molecule has 0 atom stereocenters. The quantitative estimate of drug-likeness (QED) is 0.677. The average Bonchev–Trinajstić information content (AvgIpc) is 3.16. The van der Waals surface area contributed by atoms with Crippen molar-refractivity contribution in [3.05, 3.63) is 59.9 Å². The van der Waals surface area contributed by atoms with Gasteiger partial charge in [0.15, 0.2) is 12.4 Å². The van der Waals surface area contributed by atoms with E-state index in [1.165, 1.54) is 12.1 Å². The molecule has 0 radical (unpaired) electrons. The van der Waals surface area contributed by atoms with Gasteiger partial charge in [0.25, 0.3) is 11.8 Å². The summed E-state index contributed by atoms with van der Waals surface area (Å²) in [5, 5.41) is 6.19. The third kappa shape index (κ3) is 4.87. The van der Waals surface area contributed by atoms with E-state index in [0.29, 0.717) is 29.4 Å². The number of nitrogens with one attached hydrogen (secondary N) is 1. The summed E-state index contributed by atoms with van der Waals surface area (Å²) in [7, 11) is 0. The van der Waals surface area contributed by atoms with Crippen molar-refractivity contribution in [3.8, 4) is 17.2 Å². The zero-order valence-electron chi connectivity index (χ0n) is 14.8. The predicted octanol–water partition coefficient (Wildman–Crippen LogP) is 4.34. The monoisotopic (exact) mass is 391 g/mol. The van der Waals surface area contributed by atoms with Crippen LogP contribution in [0.2, 0.25) is 0 Å². The van der Waals surface area contributed by atoms with Crippen LogP contribution in [0.1, 0.15) is 18.3 Å². The Morgan fingerprint density at radius 3 is 2.57 bits per heavy atom. The molecule has 1 N–H and O–H groups in total. The Hall–Kier alpha value is -3.36. The van der Waals surface area contributed by atoms with Gasteiger partial charge in [-0.1, -0.05) is 18.1 Å². The third-order valence-corrected chi connectivity index (χ3v) is 3.73. The first kappa shape index (κ1) is 19.4. The predicted molar refractivity (Wildman–Crippen MR) is 94.7 cm³/mol. The van der Waals surface area contributed by atoms with Crippen LogP contribution < -0.4 is 10.1 Å². The van der Waals surface area contributed by atoms with Crippen molar-refractivity contribution in [1.29, 1.82) is 0 Å². The van der Waals surface area contributed by atoms with E-state index in [1.807, 2.05) is 6.92 Å². The van der Waals surface area contributed by atoms with E-state index in [2.05, 4.69) is 15.5 Å². The number of hydrogen-bond donors (Lipinski definition) is 1. The van der Waals surface area contributed by atoms with Gasteiger partial charge in [-0.05, 0) is 42.5 Å². The molecule has 0 aliphatic heterocycles. The Morgan fingerprint density at radius 1 is 1.18 bits per heavy atom. The number of amides is 1. The molecule has 3 rings (SSSR count). The van der Waals surface area contributed by atoms with Crippen molar-refractivity contribution < 1.29 is 27.2 Å². The average molecular weight is 391 g/mol. The van der Waals surface area contributed by atoms with Crippen LogP contribution in [-0.4, -0.2) is 22.7 Å². The smallest absolute Gasteiger partial charge is 0.416 e. The molecule has 6 nitrogen and oxygen atoms in total. The lowest BCUT2D eigenvalue weighted by Gasteiger charge is -2.10. The van der Waals surface area contributed by atoms with Crippen LogP contribution in [0.3, 0.4) is 0 Å². The number of ether oxygens (including phenoxy) is 1. The lowest BCUT2D eigenvalue weighted by Crippen LogP contribution is -2.20. The van der Waals surface area contributed by atoms with Gasteiger partial charge in [-0.15, -0.1) is 0 Å². The number of benzene rings is 2. The third-order valence-electron chi connectivity index (χ3n) is 3.73. The molecule has 1 amide bonds. The molecule has 1 heterocycles. The number of aromatic nitrogens is 2. The van der Waals surface area contributed by atoms with Crippen LogP contribution in [0, 0.1) is 0 Å². The highest BCUT2D eigenvalue weighted by molar-refractivity contribution is 5.91. The van der Waals surface area contributed by atoms with Gasteiger partial charge < -0.3 is 14.6 Å². The second-order valence-corrected chi connectivity index (χ2v) is 5.81. The molecule has 146 valence electrons. The zero-order valence-corrected chi connectivity index (χ0v) is 14.8. The van der Waals surface area contributed by atoms with Gasteiger partial charge in [-0.2, -0.15) is 18.2 Å². The van der Waals surface area contributed by atoms with Crippen LogP contribution in [0.5, 0.6) is 5.75 Å². The summed E-state index contributed by atoms with van der Waals surface area (Å²) in [5.41, 5.74) is -0.0936. The summed E-state index contributed by atoms with van der Waals surface area (Å²) in [6, 6.07) is 11.0. The molecule has 0 saturated heterocycles. The maximum absolute atomic E-state index is 12.7. The van der Waals surface area contributed by atoms with Gasteiger partial charge >= 0.3 is 6.18 Å². The second-order valence-electron chi connectivity index (χ2n) is 5.81. The van der Waals surface area contributed by atoms with Crippen molar-refractivity contribution >= 4 is 11.6 Å². The molecule has 0 aliphatic carbocycles. The lowest BCUT2D eigenvalue weighted by molar-refractivity contribution is -0.137. The molecule has 3 aromatic rings. The molecule has 28 heavy (non-hydrogen) atoms. The fourth-order valence-corrected chi connectivity index (χ4v) is 2.33. The molecule has 2 aromatic carbocycles. The largest absolute Gasteiger partial charge is 0.484 e. The number of alkyl halides is 3. The first-order valence-electron chi connectivity index (χ1n) is 8.38. The van der Waals surface area contributed by atoms with Gasteiger partial charge in [0.2, 0.25) is 0 Å². The Labute approximate surface area is 158 Å². The number of aryl methyl sites for hydroxylation is 1. The molecule has 0 spiro atoms. The van der Waals surface area contributed by atoms with Gasteiger partial charge in [0, 0.05) is 17.7 Å². The van der Waals surface area contributed by atoms with E-state index in [-0.39, 0.29) is 12.3 Å². The minimum atomic E-state index is -4.48. The van der Waals surface area contributed by atoms with Crippen LogP contribution in [0.4, 0.5) is 18.9 Å². The number of carbonyl (C=O) groups excluding carboxylic acids is 1. The van der Waals surface area contributed by atoms with Gasteiger partial charge in [0.1, 0.15) is 5.75 Å². The van der Waals surface area contributed by atoms with Crippen molar-refractivity contribution in [3.63, 3.8) is 0 Å². The second kappa shape index (κ2) is 8.12. The van der Waals surface area contributed by atoms with Crippen molar-refractivity contribution in [2.45, 2.75) is 19.5 Å². The maximum atomic E-state index is 12.7. The van der Waals surface area contributed by atoms with E-state index in [4.69, 9.17) is 9.26 Å². The minimum Gasteiger partial charge on any atom is -0.484 e. The highest BCUT2D eigenvalue weighted by atomic mass is 19.4. The van der Waals surface area contributed by atoms with E-state index in [1.54, 1.807) is 24.3 Å². The minimum absolute atomic E-state index is 0.0434. The molecule has 9 heteroatoms. The summed E-state index contributed by atoms with van der Waals surface area (Å²) in [4.78, 5) is 16.1. The number of rotatable bonds is 6. The van der Waals surface area contributed by atoms with Gasteiger partial charge in [-0.25, -0.2) is 0 Å². The van der Waals surface area contributed by atoms with E-state index < -0.39 is 17.6 Å². The number of carbonyl (C=O) groups is 1. The summed E-state index contributed by atoms with van der Waals surface area (Å²) in [6.07, 6.45) is -3.82. The lowest BCUT2D eigenvalue weighted by atomic mass is 10.2. The first-order valence-corrected chi connectivity index (χ1v) is 8.38. The SMILES string of the molecule is CCc1noc(-c2ccc(OCC(=O)Nc3cccc(C(F)(F)F)c3)cc2)n1. The number of hydrogen-bond acceptors (Lipinski definition) is 5. The van der Waals surface area contributed by atoms with Crippen LogP contribution >= 0.6 is 0 Å². The standard InChI is InChI=1S/C19H16F3N3O3/c1-2-16-24-18(28-25-16)12-6-8-15(9-7-12)27-11-17(26)23-14-5-3-4-13(10-14)19(20,21)22/h3-10H,2,11H2,1H3,(H,23,26). The van der Waals surface area contributed by atoms with Crippen molar-refractivity contribution in [1.82, 2.24) is 10.1 Å². The molecule has 0 bridgehead atoms. The molecular weight excluding hydrogens is 375 g/mol. The number of halogens is 3. The maximum Gasteiger partial charge on any atom is 0.416 e. The van der Waals surface area contributed by atoms with Crippen LogP contribution in [0.15, 0.2) is 53.1 Å². The van der Waals surface area contributed by atoms with Crippen molar-refractivity contribution in [2.24, 2.45) is 0 Å². The summed E-state index contributed by atoms with van der Waals surface area (Å²) in [6.45, 7) is 1.56.